The van der Waals surface area contributed by atoms with Crippen molar-refractivity contribution < 1.29 is 23.7 Å². The molecule has 0 aromatic carbocycles. The lowest BCUT2D eigenvalue weighted by Crippen LogP contribution is -2.31. The molecule has 0 aromatic heterocycles. The smallest absolute Gasteiger partial charge is 0.314 e. The van der Waals surface area contributed by atoms with Gasteiger partial charge in [0, 0.05) is 0 Å². The van der Waals surface area contributed by atoms with Gasteiger partial charge in [-0.3, -0.25) is 9.36 Å². The van der Waals surface area contributed by atoms with Crippen LogP contribution in [0, 0.1) is 5.41 Å². The van der Waals surface area contributed by atoms with Crippen LogP contribution in [0.5, 0.6) is 0 Å². The third-order valence-electron chi connectivity index (χ3n) is 2.73. The van der Waals surface area contributed by atoms with Crippen LogP contribution in [0.4, 0.5) is 0 Å². The Morgan fingerprint density at radius 3 is 1.56 bits per heavy atom. The second-order valence-electron chi connectivity index (χ2n) is 4.22. The van der Waals surface area contributed by atoms with Gasteiger partial charge in [-0.25, -0.2) is 0 Å². The summed E-state index contributed by atoms with van der Waals surface area (Å²) in [5.41, 5.74) is -0.222. The van der Waals surface area contributed by atoms with Gasteiger partial charge in [0.2, 0.25) is 0 Å². The Hall–Kier alpha value is 0.0500. The Balaban J connectivity index is 0. The molecule has 7 heteroatoms. The van der Waals surface area contributed by atoms with Crippen molar-refractivity contribution in [3.05, 3.63) is 0 Å². The molecule has 0 aliphatic rings. The van der Waals surface area contributed by atoms with E-state index >= 15 is 0 Å². The second-order valence-corrected chi connectivity index (χ2v) is 5.02. The fourth-order valence-corrected chi connectivity index (χ4v) is 2.49. The van der Waals surface area contributed by atoms with Crippen LogP contribution >= 0.6 is 17.7 Å². The van der Waals surface area contributed by atoms with E-state index in [1.54, 1.807) is 0 Å². The van der Waals surface area contributed by atoms with E-state index in [0.717, 1.165) is 38.5 Å². The highest BCUT2D eigenvalue weighted by atomic mass is 31.1. The van der Waals surface area contributed by atoms with Crippen LogP contribution in [0.2, 0.25) is 0 Å². The van der Waals surface area contributed by atoms with Crippen LogP contribution in [0.1, 0.15) is 59.3 Å². The molecule has 2 N–H and O–H groups in total. The minimum atomic E-state index is -3.13. The third kappa shape index (κ3) is 9.04. The van der Waals surface area contributed by atoms with Gasteiger partial charge in [-0.05, 0) is 19.3 Å². The molecular weight excluding hydrogens is 274 g/mol. The third-order valence-corrected chi connectivity index (χ3v) is 2.94. The van der Waals surface area contributed by atoms with Gasteiger partial charge in [0.05, 0.1) is 14.9 Å². The van der Waals surface area contributed by atoms with Crippen molar-refractivity contribution in [2.45, 2.75) is 59.3 Å². The number of carbonyl (C=O) groups excluding carboxylic acids is 1. The quantitative estimate of drug-likeness (QED) is 0.706. The first-order valence-electron chi connectivity index (χ1n) is 6.23. The van der Waals surface area contributed by atoms with Gasteiger partial charge in [-0.15, -0.1) is 0 Å². The van der Waals surface area contributed by atoms with Crippen LogP contribution in [-0.4, -0.2) is 15.8 Å². The summed E-state index contributed by atoms with van der Waals surface area (Å²) in [4.78, 5) is 26.1. The normalized spacial score (nSPS) is 10.8. The van der Waals surface area contributed by atoms with Crippen molar-refractivity contribution in [3.63, 3.8) is 0 Å². The minimum absolute atomic E-state index is 0.0481. The first kappa shape index (κ1) is 20.4. The lowest BCUT2D eigenvalue weighted by molar-refractivity contribution is -0.146. The van der Waals surface area contributed by atoms with Crippen LogP contribution in [-0.2, 0) is 13.9 Å². The predicted octanol–water partition coefficient (Wildman–Crippen LogP) is 3.07. The molecule has 1 unspecified atom stereocenters. The van der Waals surface area contributed by atoms with Crippen molar-refractivity contribution in [1.82, 2.24) is 0 Å². The molecule has 110 valence electrons. The molecule has 0 heterocycles. The summed E-state index contributed by atoms with van der Waals surface area (Å²) in [5.74, 6) is -0.0481. The zero-order valence-electron chi connectivity index (χ0n) is 11.4. The largest absolute Gasteiger partial charge is 0.451 e. The summed E-state index contributed by atoms with van der Waals surface area (Å²) in [7, 11) is -1.05. The summed E-state index contributed by atoms with van der Waals surface area (Å²) >= 11 is 0. The molecule has 0 saturated carbocycles. The number of carbonyl (C=O) groups is 1. The van der Waals surface area contributed by atoms with Gasteiger partial charge in [-0.1, -0.05) is 40.0 Å². The molecule has 0 amide bonds. The first-order valence-corrected chi connectivity index (χ1v) is 8.00. The average Bonchev–Trinajstić information content (AvgIpc) is 2.28. The Labute approximate surface area is 113 Å². The monoisotopic (exact) mass is 300 g/mol. The maximum absolute atomic E-state index is 11.8. The summed E-state index contributed by atoms with van der Waals surface area (Å²) < 4.78 is 13.6. The molecule has 0 saturated heterocycles. The fraction of sp³-hybridized carbons (Fsp3) is 0.909. The van der Waals surface area contributed by atoms with E-state index in [-0.39, 0.29) is 11.4 Å². The molecule has 0 aliphatic heterocycles. The maximum atomic E-state index is 11.8. The van der Waals surface area contributed by atoms with Gasteiger partial charge >= 0.3 is 14.2 Å². The van der Waals surface area contributed by atoms with Gasteiger partial charge in [0.15, 0.2) is 0 Å². The van der Waals surface area contributed by atoms with Crippen molar-refractivity contribution in [1.29, 1.82) is 0 Å². The SMILES string of the molecule is CCCC(CCC)(CCC)C(=O)OP.O=[PH](O)O. The summed E-state index contributed by atoms with van der Waals surface area (Å²) in [6, 6.07) is 0. The van der Waals surface area contributed by atoms with E-state index in [1.165, 1.54) is 0 Å². The zero-order chi connectivity index (χ0) is 14.6. The molecule has 5 nitrogen and oxygen atoms in total. The van der Waals surface area contributed by atoms with Gasteiger partial charge in [0.25, 0.3) is 0 Å². The van der Waals surface area contributed by atoms with E-state index in [9.17, 15) is 4.79 Å². The van der Waals surface area contributed by atoms with E-state index in [1.807, 2.05) is 0 Å². The van der Waals surface area contributed by atoms with Crippen molar-refractivity contribution in [3.8, 4) is 0 Å². The molecule has 0 bridgehead atoms. The average molecular weight is 300 g/mol. The standard InChI is InChI=1S/C11H23O2P.H3O3P/c1-4-7-11(8-5-2,9-6-3)10(12)13-14;1-4(2)3/h4-9,14H2,1-3H3;4H,(H2,1,2,3). The lowest BCUT2D eigenvalue weighted by atomic mass is 9.76. The second kappa shape index (κ2) is 12.1. The number of rotatable bonds is 7. The molecule has 1 atom stereocenters. The lowest BCUT2D eigenvalue weighted by Gasteiger charge is -2.30. The fourth-order valence-electron chi connectivity index (χ4n) is 2.24. The van der Waals surface area contributed by atoms with Crippen LogP contribution in [0.3, 0.4) is 0 Å². The Kier molecular flexibility index (Phi) is 13.7. The first-order chi connectivity index (χ1) is 8.40. The van der Waals surface area contributed by atoms with E-state index < -0.39 is 8.25 Å². The highest BCUT2D eigenvalue weighted by Gasteiger charge is 2.36. The summed E-state index contributed by atoms with van der Waals surface area (Å²) in [6.45, 7) is 6.36. The van der Waals surface area contributed by atoms with E-state index in [2.05, 4.69) is 30.2 Å². The zero-order valence-corrected chi connectivity index (χ0v) is 13.6. The minimum Gasteiger partial charge on any atom is -0.451 e. The molecule has 0 aliphatic carbocycles. The van der Waals surface area contributed by atoms with Crippen molar-refractivity contribution in [2.75, 3.05) is 0 Å². The van der Waals surface area contributed by atoms with Crippen LogP contribution in [0.25, 0.3) is 0 Å². The molecule has 0 spiro atoms. The van der Waals surface area contributed by atoms with Gasteiger partial charge in [0.1, 0.15) is 0 Å². The summed E-state index contributed by atoms with van der Waals surface area (Å²) in [6.07, 6.45) is 5.96. The predicted molar refractivity (Wildman–Crippen MR) is 76.4 cm³/mol. The number of hydrogen-bond donors (Lipinski definition) is 2. The highest BCUT2D eigenvalue weighted by Crippen LogP contribution is 2.36. The topological polar surface area (TPSA) is 83.8 Å². The summed E-state index contributed by atoms with van der Waals surface area (Å²) in [5, 5.41) is 0. The van der Waals surface area contributed by atoms with E-state index in [4.69, 9.17) is 18.9 Å². The Morgan fingerprint density at radius 2 is 1.39 bits per heavy atom. The van der Waals surface area contributed by atoms with Crippen LogP contribution < -0.4 is 0 Å². The molecule has 0 fully saturated rings. The Morgan fingerprint density at radius 1 is 1.11 bits per heavy atom. The molecule has 0 aromatic rings. The highest BCUT2D eigenvalue weighted by molar-refractivity contribution is 7.30. The Bertz CT molecular complexity index is 225. The van der Waals surface area contributed by atoms with Gasteiger partial charge < -0.3 is 14.3 Å². The molecule has 0 rings (SSSR count). The van der Waals surface area contributed by atoms with Crippen LogP contribution in [0.15, 0.2) is 0 Å². The van der Waals surface area contributed by atoms with Crippen molar-refractivity contribution in [2.24, 2.45) is 5.41 Å². The van der Waals surface area contributed by atoms with E-state index in [0.29, 0.717) is 0 Å². The molecule has 18 heavy (non-hydrogen) atoms. The molecule has 0 radical (unpaired) electrons. The van der Waals surface area contributed by atoms with Gasteiger partial charge in [-0.2, -0.15) is 0 Å². The maximum Gasteiger partial charge on any atom is 0.314 e. The number of hydrogen-bond acceptors (Lipinski definition) is 3. The van der Waals surface area contributed by atoms with Crippen molar-refractivity contribution >= 4 is 23.7 Å². The molecular formula is C11H26O5P2.